The third-order valence-electron chi connectivity index (χ3n) is 2.89. The van der Waals surface area contributed by atoms with Gasteiger partial charge in [-0.15, -0.1) is 0 Å². The largest absolute Gasteiger partial charge is 0.365 e. The third-order valence-corrected chi connectivity index (χ3v) is 2.89. The second-order valence-corrected chi connectivity index (χ2v) is 4.42. The number of rotatable bonds is 5. The molecule has 0 saturated carbocycles. The molecule has 2 rings (SSSR count). The van der Waals surface area contributed by atoms with Gasteiger partial charge in [-0.3, -0.25) is 0 Å². The Hall–Kier alpha value is -2.68. The fourth-order valence-electron chi connectivity index (χ4n) is 1.70. The molecule has 106 valence electrons. The van der Waals surface area contributed by atoms with Gasteiger partial charge in [-0.05, 0) is 30.2 Å². The van der Waals surface area contributed by atoms with Gasteiger partial charge in [0.1, 0.15) is 0 Å². The van der Waals surface area contributed by atoms with E-state index in [1.54, 1.807) is 24.3 Å². The van der Waals surface area contributed by atoms with Crippen LogP contribution in [0, 0.1) is 0 Å². The van der Waals surface area contributed by atoms with E-state index < -0.39 is 5.97 Å². The zero-order valence-electron chi connectivity index (χ0n) is 11.9. The van der Waals surface area contributed by atoms with Crippen LogP contribution >= 0.6 is 0 Å². The molecule has 2 aromatic rings. The lowest BCUT2D eigenvalue weighted by molar-refractivity contribution is 0.0516. The minimum absolute atomic E-state index is 0.449. The van der Waals surface area contributed by atoms with Gasteiger partial charge in [0.2, 0.25) is 0 Å². The normalized spacial score (nSPS) is 11.6. The molecule has 0 saturated heterocycles. The molecule has 0 spiro atoms. The smallest absolute Gasteiger partial charge is 0.313 e. The summed E-state index contributed by atoms with van der Waals surface area (Å²) in [5, 5.41) is 3.91. The minimum Gasteiger partial charge on any atom is -0.313 e. The van der Waals surface area contributed by atoms with Crippen LogP contribution in [-0.4, -0.2) is 11.7 Å². The monoisotopic (exact) mass is 279 g/mol. The van der Waals surface area contributed by atoms with Crippen molar-refractivity contribution in [2.45, 2.75) is 13.3 Å². The van der Waals surface area contributed by atoms with Crippen LogP contribution in [-0.2, 0) is 4.84 Å². The lowest BCUT2D eigenvalue weighted by Gasteiger charge is -1.99. The number of hydrogen-bond donors (Lipinski definition) is 0. The molecule has 0 aromatic heterocycles. The van der Waals surface area contributed by atoms with Crippen molar-refractivity contribution in [3.05, 3.63) is 77.9 Å². The highest BCUT2D eigenvalue weighted by molar-refractivity contribution is 5.98. The first-order valence-electron chi connectivity index (χ1n) is 6.86. The molecule has 0 unspecified atom stereocenters. The average molecular weight is 279 g/mol. The van der Waals surface area contributed by atoms with Crippen molar-refractivity contribution < 1.29 is 9.63 Å². The molecule has 0 bridgehead atoms. The van der Waals surface area contributed by atoms with E-state index >= 15 is 0 Å². The first-order chi connectivity index (χ1) is 10.3. The Morgan fingerprint density at radius 1 is 1.05 bits per heavy atom. The van der Waals surface area contributed by atoms with Crippen LogP contribution in [0.15, 0.2) is 71.9 Å². The molecule has 3 heteroatoms. The van der Waals surface area contributed by atoms with Gasteiger partial charge in [0.15, 0.2) is 0 Å². The van der Waals surface area contributed by atoms with Gasteiger partial charge in [0, 0.05) is 0 Å². The Balaban J connectivity index is 2.01. The number of allylic oxidation sites excluding steroid dienone is 1. The molecule has 3 nitrogen and oxygen atoms in total. The lowest BCUT2D eigenvalue weighted by atomic mass is 10.2. The molecule has 0 aliphatic carbocycles. The van der Waals surface area contributed by atoms with Gasteiger partial charge >= 0.3 is 5.97 Å². The van der Waals surface area contributed by atoms with Crippen LogP contribution in [0.2, 0.25) is 0 Å². The van der Waals surface area contributed by atoms with E-state index in [-0.39, 0.29) is 0 Å². The molecule has 0 radical (unpaired) electrons. The van der Waals surface area contributed by atoms with E-state index in [9.17, 15) is 4.79 Å². The highest BCUT2D eigenvalue weighted by atomic mass is 16.7. The summed E-state index contributed by atoms with van der Waals surface area (Å²) in [4.78, 5) is 16.8. The maximum absolute atomic E-state index is 11.8. The number of hydrogen-bond acceptors (Lipinski definition) is 3. The molecule has 0 aliphatic rings. The van der Waals surface area contributed by atoms with Crippen molar-refractivity contribution in [1.29, 1.82) is 0 Å². The molecule has 21 heavy (non-hydrogen) atoms. The van der Waals surface area contributed by atoms with E-state index in [2.05, 4.69) is 5.16 Å². The zero-order chi connectivity index (χ0) is 14.9. The summed E-state index contributed by atoms with van der Waals surface area (Å²) in [6.45, 7) is 1.96. The average Bonchev–Trinajstić information content (AvgIpc) is 2.56. The molecular formula is C18H17NO2. The topological polar surface area (TPSA) is 38.7 Å². The predicted octanol–water partition coefficient (Wildman–Crippen LogP) is 4.32. The number of nitrogens with zero attached hydrogens (tertiary/aromatic N) is 1. The summed E-state index contributed by atoms with van der Waals surface area (Å²) in [5.74, 6) is -0.449. The van der Waals surface area contributed by atoms with Crippen molar-refractivity contribution in [1.82, 2.24) is 0 Å². The molecule has 0 amide bonds. The fraction of sp³-hybridized carbons (Fsp3) is 0.111. The Morgan fingerprint density at radius 3 is 2.29 bits per heavy atom. The van der Waals surface area contributed by atoms with Crippen molar-refractivity contribution in [2.75, 3.05) is 0 Å². The molecule has 0 aliphatic heterocycles. The van der Waals surface area contributed by atoms with Crippen molar-refractivity contribution in [3.63, 3.8) is 0 Å². The Kier molecular flexibility index (Phi) is 5.47. The van der Waals surface area contributed by atoms with Gasteiger partial charge in [-0.2, -0.15) is 0 Å². The Bertz CT molecular complexity index is 631. The van der Waals surface area contributed by atoms with Gasteiger partial charge in [-0.1, -0.05) is 66.7 Å². The van der Waals surface area contributed by atoms with Crippen molar-refractivity contribution >= 4 is 17.8 Å². The molecule has 0 heterocycles. The second-order valence-electron chi connectivity index (χ2n) is 4.42. The molecule has 0 fully saturated rings. The second kappa shape index (κ2) is 7.80. The minimum atomic E-state index is -0.449. The quantitative estimate of drug-likeness (QED) is 0.464. The number of carbonyl (C=O) groups is 1. The van der Waals surface area contributed by atoms with Crippen molar-refractivity contribution in [3.8, 4) is 0 Å². The van der Waals surface area contributed by atoms with Crippen LogP contribution in [0.25, 0.3) is 6.08 Å². The van der Waals surface area contributed by atoms with Crippen LogP contribution < -0.4 is 0 Å². The summed E-state index contributed by atoms with van der Waals surface area (Å²) in [6.07, 6.45) is 4.48. The van der Waals surface area contributed by atoms with Crippen LogP contribution in [0.3, 0.4) is 0 Å². The van der Waals surface area contributed by atoms with E-state index in [1.807, 2.05) is 55.5 Å². The zero-order valence-corrected chi connectivity index (χ0v) is 11.9. The highest BCUT2D eigenvalue weighted by Gasteiger charge is 2.05. The number of carbonyl (C=O) groups excluding carboxylic acids is 1. The van der Waals surface area contributed by atoms with E-state index in [0.29, 0.717) is 17.7 Å². The summed E-state index contributed by atoms with van der Waals surface area (Å²) < 4.78 is 0. The maximum atomic E-state index is 11.8. The Labute approximate surface area is 124 Å². The first-order valence-corrected chi connectivity index (χ1v) is 6.86. The molecule has 0 atom stereocenters. The highest BCUT2D eigenvalue weighted by Crippen LogP contribution is 2.04. The summed E-state index contributed by atoms with van der Waals surface area (Å²) in [6, 6.07) is 18.7. The van der Waals surface area contributed by atoms with Gasteiger partial charge < -0.3 is 4.84 Å². The van der Waals surface area contributed by atoms with E-state index in [4.69, 9.17) is 4.84 Å². The van der Waals surface area contributed by atoms with Gasteiger partial charge in [0.05, 0.1) is 11.3 Å². The molecule has 2 aromatic carbocycles. The SMILES string of the molecule is CCC(/C=C/c1ccccc1)=N\OC(=O)c1ccccc1. The predicted molar refractivity (Wildman–Crippen MR) is 85.1 cm³/mol. The number of oxime groups is 1. The number of benzene rings is 2. The van der Waals surface area contributed by atoms with Gasteiger partial charge in [-0.25, -0.2) is 4.79 Å². The van der Waals surface area contributed by atoms with Crippen molar-refractivity contribution in [2.24, 2.45) is 5.16 Å². The molecule has 0 N–H and O–H groups in total. The fourth-order valence-corrected chi connectivity index (χ4v) is 1.70. The Morgan fingerprint density at radius 2 is 1.67 bits per heavy atom. The summed E-state index contributed by atoms with van der Waals surface area (Å²) >= 11 is 0. The summed E-state index contributed by atoms with van der Waals surface area (Å²) in [7, 11) is 0. The molecular weight excluding hydrogens is 262 g/mol. The van der Waals surface area contributed by atoms with Crippen LogP contribution in [0.5, 0.6) is 0 Å². The van der Waals surface area contributed by atoms with Gasteiger partial charge in [0.25, 0.3) is 0 Å². The van der Waals surface area contributed by atoms with E-state index in [1.165, 1.54) is 0 Å². The summed E-state index contributed by atoms with van der Waals surface area (Å²) in [5.41, 5.74) is 2.28. The third kappa shape index (κ3) is 4.73. The maximum Gasteiger partial charge on any atom is 0.365 e. The lowest BCUT2D eigenvalue weighted by Crippen LogP contribution is -2.02. The van der Waals surface area contributed by atoms with Crippen LogP contribution in [0.1, 0.15) is 29.3 Å². The van der Waals surface area contributed by atoms with E-state index in [0.717, 1.165) is 5.56 Å². The standard InChI is InChI=1S/C18H17NO2/c1-2-17(14-13-15-9-5-3-6-10-15)19-21-18(20)16-11-7-4-8-12-16/h3-14H,2H2,1H3/b14-13+,19-17+. The van der Waals surface area contributed by atoms with Crippen LogP contribution in [0.4, 0.5) is 0 Å². The first kappa shape index (κ1) is 14.7.